The summed E-state index contributed by atoms with van der Waals surface area (Å²) in [5, 5.41) is 8.90. The van der Waals surface area contributed by atoms with Crippen LogP contribution in [-0.4, -0.2) is 23.6 Å². The first kappa shape index (κ1) is 17.0. The predicted molar refractivity (Wildman–Crippen MR) is 80.2 cm³/mol. The zero-order chi connectivity index (χ0) is 15.8. The van der Waals surface area contributed by atoms with Crippen LogP contribution in [0, 0.1) is 5.92 Å². The van der Waals surface area contributed by atoms with E-state index in [-0.39, 0.29) is 12.8 Å². The number of amides is 1. The van der Waals surface area contributed by atoms with Crippen molar-refractivity contribution in [2.45, 2.75) is 39.0 Å². The van der Waals surface area contributed by atoms with E-state index in [9.17, 15) is 9.59 Å². The smallest absolute Gasteiger partial charge is 0.303 e. The quantitative estimate of drug-likeness (QED) is 0.732. The van der Waals surface area contributed by atoms with Crippen molar-refractivity contribution in [3.05, 3.63) is 29.8 Å². The molecule has 116 valence electrons. The van der Waals surface area contributed by atoms with Gasteiger partial charge in [-0.3, -0.25) is 9.59 Å². The maximum atomic E-state index is 11.0. The van der Waals surface area contributed by atoms with Gasteiger partial charge in [0.05, 0.1) is 13.0 Å². The topological polar surface area (TPSA) is 89.6 Å². The highest BCUT2D eigenvalue weighted by atomic mass is 16.5. The molecule has 5 nitrogen and oxygen atoms in total. The van der Waals surface area contributed by atoms with Gasteiger partial charge in [0.1, 0.15) is 5.75 Å². The Labute approximate surface area is 125 Å². The third kappa shape index (κ3) is 6.79. The predicted octanol–water partition coefficient (Wildman–Crippen LogP) is 2.55. The van der Waals surface area contributed by atoms with Crippen molar-refractivity contribution in [1.29, 1.82) is 0 Å². The third-order valence-corrected chi connectivity index (χ3v) is 3.18. The highest BCUT2D eigenvalue weighted by Gasteiger charge is 2.18. The Bertz CT molecular complexity index is 452. The molecule has 5 heteroatoms. The molecule has 1 rings (SSSR count). The molecule has 1 aromatic rings. The van der Waals surface area contributed by atoms with Crippen molar-refractivity contribution in [3.8, 4) is 5.75 Å². The van der Waals surface area contributed by atoms with Crippen LogP contribution in [-0.2, 0) is 9.59 Å². The van der Waals surface area contributed by atoms with Crippen molar-refractivity contribution in [3.63, 3.8) is 0 Å². The molecule has 0 aliphatic rings. The summed E-state index contributed by atoms with van der Waals surface area (Å²) in [6, 6.07) is 7.18. The zero-order valence-electron chi connectivity index (χ0n) is 12.5. The van der Waals surface area contributed by atoms with E-state index in [0.717, 1.165) is 17.7 Å². The van der Waals surface area contributed by atoms with Crippen molar-refractivity contribution in [2.75, 3.05) is 6.61 Å². The summed E-state index contributed by atoms with van der Waals surface area (Å²) >= 11 is 0. The molecule has 0 aliphatic heterocycles. The van der Waals surface area contributed by atoms with Gasteiger partial charge in [-0.2, -0.15) is 0 Å². The molecule has 0 saturated carbocycles. The molecule has 0 bridgehead atoms. The average Bonchev–Trinajstić information content (AvgIpc) is 2.37. The number of carboxylic acids is 1. The molecule has 0 radical (unpaired) electrons. The maximum absolute atomic E-state index is 11.0. The highest BCUT2D eigenvalue weighted by molar-refractivity contribution is 5.76. The fraction of sp³-hybridized carbons (Fsp3) is 0.500. The molecule has 0 unspecified atom stereocenters. The number of carbonyl (C=O) groups is 2. The van der Waals surface area contributed by atoms with Crippen LogP contribution in [0.15, 0.2) is 24.3 Å². The number of hydrogen-bond donors (Lipinski definition) is 2. The van der Waals surface area contributed by atoms with E-state index in [2.05, 4.69) is 13.8 Å². The Balaban J connectivity index is 2.68. The van der Waals surface area contributed by atoms with Crippen LogP contribution < -0.4 is 10.5 Å². The van der Waals surface area contributed by atoms with Crippen LogP contribution >= 0.6 is 0 Å². The van der Waals surface area contributed by atoms with Crippen molar-refractivity contribution in [1.82, 2.24) is 0 Å². The zero-order valence-corrected chi connectivity index (χ0v) is 12.5. The SMILES string of the molecule is CC(C)CCOc1ccc([C@H](CC(N)=O)CC(=O)O)cc1. The van der Waals surface area contributed by atoms with Crippen molar-refractivity contribution in [2.24, 2.45) is 11.7 Å². The standard InChI is InChI=1S/C16H23NO4/c1-11(2)7-8-21-14-5-3-12(4-6-14)13(9-15(17)18)10-16(19)20/h3-6,11,13H,7-10H2,1-2H3,(H2,17,18)(H,19,20)/t13-/m1/s1. The first-order chi connectivity index (χ1) is 9.88. The summed E-state index contributed by atoms with van der Waals surface area (Å²) in [6.07, 6.45) is 0.890. The third-order valence-electron chi connectivity index (χ3n) is 3.18. The highest BCUT2D eigenvalue weighted by Crippen LogP contribution is 2.25. The van der Waals surface area contributed by atoms with Gasteiger partial charge in [-0.1, -0.05) is 26.0 Å². The van der Waals surface area contributed by atoms with Gasteiger partial charge in [0.2, 0.25) is 5.91 Å². The lowest BCUT2D eigenvalue weighted by Crippen LogP contribution is -2.17. The monoisotopic (exact) mass is 293 g/mol. The van der Waals surface area contributed by atoms with Crippen LogP contribution in [0.25, 0.3) is 0 Å². The Morgan fingerprint density at radius 2 is 1.81 bits per heavy atom. The van der Waals surface area contributed by atoms with Crippen LogP contribution in [0.4, 0.5) is 0 Å². The second kappa shape index (κ2) is 8.29. The lowest BCUT2D eigenvalue weighted by molar-refractivity contribution is -0.137. The molecule has 21 heavy (non-hydrogen) atoms. The van der Waals surface area contributed by atoms with Gasteiger partial charge in [-0.05, 0) is 30.0 Å². The first-order valence-electron chi connectivity index (χ1n) is 7.11. The van der Waals surface area contributed by atoms with Crippen LogP contribution in [0.5, 0.6) is 5.75 Å². The van der Waals surface area contributed by atoms with E-state index in [0.29, 0.717) is 12.5 Å². The normalized spacial score (nSPS) is 12.1. The molecule has 3 N–H and O–H groups in total. The second-order valence-electron chi connectivity index (χ2n) is 5.57. The second-order valence-corrected chi connectivity index (χ2v) is 5.57. The van der Waals surface area contributed by atoms with E-state index >= 15 is 0 Å². The van der Waals surface area contributed by atoms with E-state index in [1.54, 1.807) is 24.3 Å². The average molecular weight is 293 g/mol. The fourth-order valence-electron chi connectivity index (χ4n) is 2.01. The number of rotatable bonds is 9. The van der Waals surface area contributed by atoms with Gasteiger partial charge in [-0.15, -0.1) is 0 Å². The van der Waals surface area contributed by atoms with Gasteiger partial charge >= 0.3 is 5.97 Å². The van der Waals surface area contributed by atoms with Crippen LogP contribution in [0.3, 0.4) is 0 Å². The minimum absolute atomic E-state index is 0.0276. The molecule has 0 heterocycles. The molecule has 0 aromatic heterocycles. The van der Waals surface area contributed by atoms with E-state index in [4.69, 9.17) is 15.6 Å². The van der Waals surface area contributed by atoms with Gasteiger partial charge in [-0.25, -0.2) is 0 Å². The molecule has 0 aliphatic carbocycles. The Morgan fingerprint density at radius 1 is 1.19 bits per heavy atom. The summed E-state index contributed by atoms with van der Waals surface area (Å²) < 4.78 is 5.61. The number of hydrogen-bond acceptors (Lipinski definition) is 3. The summed E-state index contributed by atoms with van der Waals surface area (Å²) in [4.78, 5) is 21.9. The molecular formula is C16H23NO4. The number of ether oxygens (including phenoxy) is 1. The van der Waals surface area contributed by atoms with Gasteiger partial charge < -0.3 is 15.6 Å². The van der Waals surface area contributed by atoms with E-state index in [1.807, 2.05) is 0 Å². The van der Waals surface area contributed by atoms with Crippen molar-refractivity contribution < 1.29 is 19.4 Å². The van der Waals surface area contributed by atoms with E-state index < -0.39 is 17.8 Å². The number of primary amides is 1. The molecule has 0 spiro atoms. The number of carboxylic acid groups (broad SMARTS) is 1. The Hall–Kier alpha value is -2.04. The van der Waals surface area contributed by atoms with Crippen molar-refractivity contribution >= 4 is 11.9 Å². The maximum Gasteiger partial charge on any atom is 0.303 e. The number of carbonyl (C=O) groups excluding carboxylic acids is 1. The van der Waals surface area contributed by atoms with Gasteiger partial charge in [0, 0.05) is 12.3 Å². The molecule has 0 fully saturated rings. The fourth-order valence-corrected chi connectivity index (χ4v) is 2.01. The largest absolute Gasteiger partial charge is 0.494 e. The molecule has 0 saturated heterocycles. The Kier molecular flexibility index (Phi) is 6.72. The molecule has 1 aromatic carbocycles. The summed E-state index contributed by atoms with van der Waals surface area (Å²) in [5.74, 6) is -0.519. The van der Waals surface area contributed by atoms with Gasteiger partial charge in [0.25, 0.3) is 0 Å². The summed E-state index contributed by atoms with van der Waals surface area (Å²) in [5.41, 5.74) is 5.96. The molecular weight excluding hydrogens is 270 g/mol. The first-order valence-corrected chi connectivity index (χ1v) is 7.11. The summed E-state index contributed by atoms with van der Waals surface area (Å²) in [6.45, 7) is 4.91. The molecule has 1 atom stereocenters. The minimum atomic E-state index is -0.946. The lowest BCUT2D eigenvalue weighted by Gasteiger charge is -2.14. The van der Waals surface area contributed by atoms with E-state index in [1.165, 1.54) is 0 Å². The number of benzene rings is 1. The summed E-state index contributed by atoms with van der Waals surface area (Å²) in [7, 11) is 0. The Morgan fingerprint density at radius 3 is 2.29 bits per heavy atom. The lowest BCUT2D eigenvalue weighted by atomic mass is 9.92. The van der Waals surface area contributed by atoms with Gasteiger partial charge in [0.15, 0.2) is 0 Å². The number of aliphatic carboxylic acids is 1. The van der Waals surface area contributed by atoms with Crippen LogP contribution in [0.2, 0.25) is 0 Å². The number of nitrogens with two attached hydrogens (primary N) is 1. The minimum Gasteiger partial charge on any atom is -0.494 e. The van der Waals surface area contributed by atoms with Crippen LogP contribution in [0.1, 0.15) is 44.6 Å². The molecule has 1 amide bonds.